The monoisotopic (exact) mass is 183 g/mol. The van der Waals surface area contributed by atoms with E-state index in [1.807, 2.05) is 0 Å². The van der Waals surface area contributed by atoms with Crippen LogP contribution in [0.15, 0.2) is 0 Å². The molecule has 0 aromatic heterocycles. The molecule has 0 aliphatic rings. The minimum absolute atomic E-state index is 0.237. The smallest absolute Gasteiger partial charge is 0.323 e. The lowest BCUT2D eigenvalue weighted by Crippen LogP contribution is -2.32. The topological polar surface area (TPSA) is 52.3 Å². The van der Waals surface area contributed by atoms with Crippen LogP contribution in [0.1, 0.15) is 26.7 Å². The number of carbonyl (C=O) groups is 1. The maximum absolute atomic E-state index is 11.1. The molecule has 74 valence electrons. The van der Waals surface area contributed by atoms with E-state index in [0.717, 1.165) is 6.42 Å². The van der Waals surface area contributed by atoms with E-state index in [1.54, 1.807) is 0 Å². The molecule has 2 N–H and O–H groups in total. The molecule has 0 saturated carbocycles. The summed E-state index contributed by atoms with van der Waals surface area (Å²) in [6.07, 6.45) is 6.10. The van der Waals surface area contributed by atoms with Gasteiger partial charge < -0.3 is 10.5 Å². The van der Waals surface area contributed by atoms with Gasteiger partial charge in [0.1, 0.15) is 6.04 Å². The summed E-state index contributed by atoms with van der Waals surface area (Å²) in [6, 6.07) is -0.669. The lowest BCUT2D eigenvalue weighted by atomic mass is 10.1. The van der Waals surface area contributed by atoms with Crippen LogP contribution < -0.4 is 5.73 Å². The van der Waals surface area contributed by atoms with E-state index in [2.05, 4.69) is 19.8 Å². The number of rotatable bonds is 5. The van der Waals surface area contributed by atoms with E-state index in [-0.39, 0.29) is 6.42 Å². The Kier molecular flexibility index (Phi) is 5.99. The summed E-state index contributed by atoms with van der Waals surface area (Å²) in [6.45, 7) is 4.55. The quantitative estimate of drug-likeness (QED) is 0.509. The predicted octanol–water partition coefficient (Wildman–Crippen LogP) is 0.926. The first-order valence-corrected chi connectivity index (χ1v) is 4.43. The third-order valence-electron chi connectivity index (χ3n) is 1.58. The summed E-state index contributed by atoms with van der Waals surface area (Å²) >= 11 is 0. The van der Waals surface area contributed by atoms with Crippen molar-refractivity contribution in [1.29, 1.82) is 0 Å². The molecule has 0 aliphatic heterocycles. The van der Waals surface area contributed by atoms with Crippen LogP contribution in [0.3, 0.4) is 0 Å². The average molecular weight is 183 g/mol. The van der Waals surface area contributed by atoms with Gasteiger partial charge in [0.15, 0.2) is 0 Å². The minimum Gasteiger partial charge on any atom is -0.464 e. The lowest BCUT2D eigenvalue weighted by molar-refractivity contribution is -0.145. The fourth-order valence-electron chi connectivity index (χ4n) is 0.713. The van der Waals surface area contributed by atoms with Crippen LogP contribution in [0, 0.1) is 18.3 Å². The van der Waals surface area contributed by atoms with Crippen LogP contribution in [0.2, 0.25) is 0 Å². The molecule has 0 heterocycles. The van der Waals surface area contributed by atoms with Gasteiger partial charge in [-0.2, -0.15) is 0 Å². The Morgan fingerprint density at radius 2 is 2.23 bits per heavy atom. The van der Waals surface area contributed by atoms with Gasteiger partial charge in [-0.3, -0.25) is 4.79 Å². The number of hydrogen-bond acceptors (Lipinski definition) is 3. The first-order chi connectivity index (χ1) is 6.07. The second kappa shape index (κ2) is 6.50. The molecule has 13 heavy (non-hydrogen) atoms. The zero-order valence-electron chi connectivity index (χ0n) is 8.25. The van der Waals surface area contributed by atoms with E-state index in [4.69, 9.17) is 16.9 Å². The number of ether oxygens (including phenoxy) is 1. The van der Waals surface area contributed by atoms with Gasteiger partial charge >= 0.3 is 5.97 Å². The third-order valence-corrected chi connectivity index (χ3v) is 1.58. The van der Waals surface area contributed by atoms with E-state index in [0.29, 0.717) is 12.5 Å². The van der Waals surface area contributed by atoms with E-state index in [9.17, 15) is 4.79 Å². The van der Waals surface area contributed by atoms with Crippen LogP contribution in [-0.4, -0.2) is 18.6 Å². The highest BCUT2D eigenvalue weighted by atomic mass is 16.5. The van der Waals surface area contributed by atoms with Gasteiger partial charge in [0.2, 0.25) is 0 Å². The van der Waals surface area contributed by atoms with Crippen molar-refractivity contribution in [1.82, 2.24) is 0 Å². The summed E-state index contributed by atoms with van der Waals surface area (Å²) < 4.78 is 4.91. The maximum atomic E-state index is 11.1. The van der Waals surface area contributed by atoms with Crippen molar-refractivity contribution in [3.05, 3.63) is 0 Å². The highest BCUT2D eigenvalue weighted by Crippen LogP contribution is 2.00. The van der Waals surface area contributed by atoms with Gasteiger partial charge in [-0.1, -0.05) is 13.8 Å². The second-order valence-corrected chi connectivity index (χ2v) is 3.36. The van der Waals surface area contributed by atoms with Gasteiger partial charge in [-0.15, -0.1) is 12.3 Å². The predicted molar refractivity (Wildman–Crippen MR) is 51.8 cm³/mol. The molecule has 0 radical (unpaired) electrons. The van der Waals surface area contributed by atoms with Crippen molar-refractivity contribution in [2.45, 2.75) is 32.7 Å². The van der Waals surface area contributed by atoms with Crippen molar-refractivity contribution >= 4 is 5.97 Å². The molecule has 0 rings (SSSR count). The highest BCUT2D eigenvalue weighted by Gasteiger charge is 2.13. The molecule has 3 heteroatoms. The summed E-state index contributed by atoms with van der Waals surface area (Å²) in [5.41, 5.74) is 5.43. The Morgan fingerprint density at radius 1 is 1.62 bits per heavy atom. The van der Waals surface area contributed by atoms with Crippen LogP contribution in [0.4, 0.5) is 0 Å². The molecule has 1 unspecified atom stereocenters. The first-order valence-electron chi connectivity index (χ1n) is 4.43. The largest absolute Gasteiger partial charge is 0.464 e. The normalized spacial score (nSPS) is 12.2. The SMILES string of the molecule is C#CCC(N)C(=O)OCCC(C)C. The Hall–Kier alpha value is -1.01. The summed E-state index contributed by atoms with van der Waals surface area (Å²) in [7, 11) is 0. The zero-order valence-corrected chi connectivity index (χ0v) is 8.25. The van der Waals surface area contributed by atoms with Gasteiger partial charge in [-0.05, 0) is 12.3 Å². The molecule has 0 aromatic carbocycles. The molecule has 3 nitrogen and oxygen atoms in total. The molecular weight excluding hydrogens is 166 g/mol. The Morgan fingerprint density at radius 3 is 2.69 bits per heavy atom. The van der Waals surface area contributed by atoms with E-state index >= 15 is 0 Å². The van der Waals surface area contributed by atoms with Crippen LogP contribution in [-0.2, 0) is 9.53 Å². The Labute approximate surface area is 79.6 Å². The Bertz CT molecular complexity index is 194. The molecule has 0 fully saturated rings. The van der Waals surface area contributed by atoms with Gasteiger partial charge in [0, 0.05) is 6.42 Å². The van der Waals surface area contributed by atoms with Crippen LogP contribution >= 0.6 is 0 Å². The standard InChI is InChI=1S/C10H17NO2/c1-4-5-9(11)10(12)13-7-6-8(2)3/h1,8-9H,5-7,11H2,2-3H3. The molecule has 0 saturated heterocycles. The minimum atomic E-state index is -0.669. The molecule has 0 bridgehead atoms. The Balaban J connectivity index is 3.57. The number of terminal acetylenes is 1. The molecule has 0 spiro atoms. The van der Waals surface area contributed by atoms with Crippen molar-refractivity contribution in [2.75, 3.05) is 6.61 Å². The van der Waals surface area contributed by atoms with Gasteiger partial charge in [0.05, 0.1) is 6.61 Å². The fourth-order valence-corrected chi connectivity index (χ4v) is 0.713. The van der Waals surface area contributed by atoms with Crippen molar-refractivity contribution in [3.8, 4) is 12.3 Å². The van der Waals surface area contributed by atoms with E-state index < -0.39 is 12.0 Å². The molecule has 0 aliphatic carbocycles. The van der Waals surface area contributed by atoms with Crippen molar-refractivity contribution < 1.29 is 9.53 Å². The summed E-state index contributed by atoms with van der Waals surface area (Å²) in [4.78, 5) is 11.1. The number of hydrogen-bond donors (Lipinski definition) is 1. The molecule has 0 amide bonds. The van der Waals surface area contributed by atoms with Gasteiger partial charge in [0.25, 0.3) is 0 Å². The second-order valence-electron chi connectivity index (χ2n) is 3.36. The lowest BCUT2D eigenvalue weighted by Gasteiger charge is -2.09. The first kappa shape index (κ1) is 12.0. The molecular formula is C10H17NO2. The summed E-state index contributed by atoms with van der Waals surface area (Å²) in [5.74, 6) is 2.44. The maximum Gasteiger partial charge on any atom is 0.323 e. The number of carbonyl (C=O) groups excluding carboxylic acids is 1. The summed E-state index contributed by atoms with van der Waals surface area (Å²) in [5, 5.41) is 0. The number of esters is 1. The highest BCUT2D eigenvalue weighted by molar-refractivity contribution is 5.75. The molecule has 1 atom stereocenters. The van der Waals surface area contributed by atoms with Crippen molar-refractivity contribution in [2.24, 2.45) is 11.7 Å². The number of nitrogens with two attached hydrogens (primary N) is 1. The van der Waals surface area contributed by atoms with Crippen molar-refractivity contribution in [3.63, 3.8) is 0 Å². The third kappa shape index (κ3) is 6.18. The van der Waals surface area contributed by atoms with Crippen LogP contribution in [0.25, 0.3) is 0 Å². The zero-order chi connectivity index (χ0) is 10.3. The average Bonchev–Trinajstić information content (AvgIpc) is 2.04. The van der Waals surface area contributed by atoms with Crippen LogP contribution in [0.5, 0.6) is 0 Å². The molecule has 0 aromatic rings. The van der Waals surface area contributed by atoms with Gasteiger partial charge in [-0.25, -0.2) is 0 Å². The fraction of sp³-hybridized carbons (Fsp3) is 0.700. The van der Waals surface area contributed by atoms with E-state index in [1.165, 1.54) is 0 Å².